The van der Waals surface area contributed by atoms with Gasteiger partial charge in [0, 0.05) is 5.38 Å². The Hall–Kier alpha value is -2.61. The third kappa shape index (κ3) is 4.45. The molecular weight excluding hydrogens is 306 g/mol. The minimum absolute atomic E-state index is 0.127. The summed E-state index contributed by atoms with van der Waals surface area (Å²) in [6, 6.07) is 4.36. The molecule has 2 rings (SSSR count). The number of nitrogens with one attached hydrogen (secondary N) is 1. The lowest BCUT2D eigenvalue weighted by atomic mass is 10.2. The number of benzene rings is 1. The molecular formula is C14H15N3O4S. The largest absolute Gasteiger partial charge is 0.504 e. The molecule has 2 aromatic rings. The quantitative estimate of drug-likeness (QED) is 0.326. The van der Waals surface area contributed by atoms with Gasteiger partial charge in [-0.25, -0.2) is 4.98 Å². The highest BCUT2D eigenvalue weighted by molar-refractivity contribution is 7.13. The van der Waals surface area contributed by atoms with Gasteiger partial charge in [0.05, 0.1) is 24.9 Å². The van der Waals surface area contributed by atoms with Crippen molar-refractivity contribution in [3.63, 3.8) is 0 Å². The number of aromatic hydroxyl groups is 2. The van der Waals surface area contributed by atoms with E-state index in [2.05, 4.69) is 15.5 Å². The van der Waals surface area contributed by atoms with Crippen molar-refractivity contribution in [3.05, 3.63) is 34.8 Å². The van der Waals surface area contributed by atoms with Gasteiger partial charge < -0.3 is 14.9 Å². The van der Waals surface area contributed by atoms with Gasteiger partial charge in [-0.15, -0.1) is 11.3 Å². The summed E-state index contributed by atoms with van der Waals surface area (Å²) in [5, 5.41) is 24.8. The van der Waals surface area contributed by atoms with Gasteiger partial charge in [0.15, 0.2) is 11.5 Å². The fraction of sp³-hybridized carbons (Fsp3) is 0.214. The van der Waals surface area contributed by atoms with E-state index in [9.17, 15) is 15.0 Å². The molecule has 0 aliphatic heterocycles. The fourth-order valence-electron chi connectivity index (χ4n) is 1.58. The van der Waals surface area contributed by atoms with E-state index in [1.807, 2.05) is 0 Å². The van der Waals surface area contributed by atoms with Gasteiger partial charge in [0.2, 0.25) is 5.13 Å². The molecule has 3 N–H and O–H groups in total. The van der Waals surface area contributed by atoms with Crippen LogP contribution in [0.3, 0.4) is 0 Å². The van der Waals surface area contributed by atoms with Crippen molar-refractivity contribution in [2.24, 2.45) is 5.10 Å². The summed E-state index contributed by atoms with van der Waals surface area (Å²) in [4.78, 5) is 15.5. The number of thiazole rings is 1. The minimum atomic E-state index is -0.317. The summed E-state index contributed by atoms with van der Waals surface area (Å²) in [7, 11) is 0. The number of hydrogen-bond donors (Lipinski definition) is 3. The van der Waals surface area contributed by atoms with Crippen molar-refractivity contribution in [1.29, 1.82) is 0 Å². The molecule has 0 radical (unpaired) electrons. The Labute approximate surface area is 130 Å². The molecule has 1 aromatic carbocycles. The van der Waals surface area contributed by atoms with Gasteiger partial charge in [-0.2, -0.15) is 5.10 Å². The number of hydrogen-bond acceptors (Lipinski definition) is 8. The summed E-state index contributed by atoms with van der Waals surface area (Å²) in [5.74, 6) is -0.717. The molecule has 22 heavy (non-hydrogen) atoms. The Morgan fingerprint density at radius 1 is 1.45 bits per heavy atom. The third-order valence-electron chi connectivity index (χ3n) is 2.56. The Balaban J connectivity index is 1.91. The molecule has 8 heteroatoms. The maximum Gasteiger partial charge on any atom is 0.311 e. The van der Waals surface area contributed by atoms with Crippen LogP contribution >= 0.6 is 11.3 Å². The van der Waals surface area contributed by atoms with E-state index >= 15 is 0 Å². The summed E-state index contributed by atoms with van der Waals surface area (Å²) < 4.78 is 4.85. The van der Waals surface area contributed by atoms with Crippen LogP contribution in [0.4, 0.5) is 5.13 Å². The lowest BCUT2D eigenvalue weighted by molar-refractivity contribution is -0.142. The average molecular weight is 321 g/mol. The van der Waals surface area contributed by atoms with Crippen LogP contribution < -0.4 is 5.43 Å². The van der Waals surface area contributed by atoms with Gasteiger partial charge >= 0.3 is 5.97 Å². The zero-order valence-electron chi connectivity index (χ0n) is 11.8. The number of nitrogens with zero attached hydrogens (tertiary/aromatic N) is 2. The average Bonchev–Trinajstić information content (AvgIpc) is 2.90. The van der Waals surface area contributed by atoms with E-state index < -0.39 is 0 Å². The van der Waals surface area contributed by atoms with Gasteiger partial charge in [-0.05, 0) is 30.7 Å². The topological polar surface area (TPSA) is 104 Å². The number of ether oxygens (including phenoxy) is 1. The van der Waals surface area contributed by atoms with E-state index in [1.165, 1.54) is 29.7 Å². The molecule has 1 aromatic heterocycles. The molecule has 116 valence electrons. The SMILES string of the molecule is CCOC(=O)Cc1csc(NN=Cc2ccc(O)c(O)c2)n1. The molecule has 0 spiro atoms. The standard InChI is InChI=1S/C14H15N3O4S/c1-2-21-13(20)6-10-8-22-14(16-10)17-15-7-9-3-4-11(18)12(19)5-9/h3-5,7-8,18-19H,2,6H2,1H3,(H,16,17). The normalized spacial score (nSPS) is 10.8. The molecule has 0 aliphatic rings. The van der Waals surface area contributed by atoms with Crippen LogP contribution in [0.5, 0.6) is 11.5 Å². The van der Waals surface area contributed by atoms with Crippen LogP contribution in [0.1, 0.15) is 18.2 Å². The molecule has 0 bridgehead atoms. The molecule has 0 unspecified atom stereocenters. The van der Waals surface area contributed by atoms with E-state index in [1.54, 1.807) is 18.4 Å². The van der Waals surface area contributed by atoms with Crippen LogP contribution in [-0.4, -0.2) is 34.0 Å². The second-order valence-electron chi connectivity index (χ2n) is 4.24. The van der Waals surface area contributed by atoms with E-state index in [0.29, 0.717) is 23.0 Å². The first kappa shape index (κ1) is 15.8. The highest BCUT2D eigenvalue weighted by atomic mass is 32.1. The van der Waals surface area contributed by atoms with E-state index in [4.69, 9.17) is 4.74 Å². The Morgan fingerprint density at radius 3 is 3.00 bits per heavy atom. The molecule has 0 aliphatic carbocycles. The van der Waals surface area contributed by atoms with Crippen molar-refractivity contribution in [2.75, 3.05) is 12.0 Å². The molecule has 0 amide bonds. The number of hydrazone groups is 1. The summed E-state index contributed by atoms with van der Waals surface area (Å²) in [6.07, 6.45) is 1.60. The molecule has 0 fully saturated rings. The van der Waals surface area contributed by atoms with Crippen LogP contribution in [0.15, 0.2) is 28.7 Å². The summed E-state index contributed by atoms with van der Waals surface area (Å²) in [6.45, 7) is 2.10. The lowest BCUT2D eigenvalue weighted by Crippen LogP contribution is -2.07. The molecule has 1 heterocycles. The number of esters is 1. The van der Waals surface area contributed by atoms with Crippen LogP contribution in [0, 0.1) is 0 Å². The zero-order chi connectivity index (χ0) is 15.9. The van der Waals surface area contributed by atoms with Crippen molar-refractivity contribution >= 4 is 28.7 Å². The molecule has 0 atom stereocenters. The van der Waals surface area contributed by atoms with Crippen molar-refractivity contribution in [3.8, 4) is 11.5 Å². The van der Waals surface area contributed by atoms with Crippen molar-refractivity contribution in [2.45, 2.75) is 13.3 Å². The number of phenolic OH excluding ortho intramolecular Hbond substituents is 2. The Morgan fingerprint density at radius 2 is 2.27 bits per heavy atom. The lowest BCUT2D eigenvalue weighted by Gasteiger charge is -1.99. The smallest absolute Gasteiger partial charge is 0.311 e. The highest BCUT2D eigenvalue weighted by Crippen LogP contribution is 2.24. The van der Waals surface area contributed by atoms with E-state index in [-0.39, 0.29) is 23.9 Å². The van der Waals surface area contributed by atoms with Gasteiger partial charge in [0.25, 0.3) is 0 Å². The first-order valence-corrected chi connectivity index (χ1v) is 7.37. The predicted molar refractivity (Wildman–Crippen MR) is 83.4 cm³/mol. The minimum Gasteiger partial charge on any atom is -0.504 e. The molecule has 7 nitrogen and oxygen atoms in total. The molecule has 0 saturated heterocycles. The van der Waals surface area contributed by atoms with Crippen molar-refractivity contribution < 1.29 is 19.7 Å². The van der Waals surface area contributed by atoms with Gasteiger partial charge in [0.1, 0.15) is 0 Å². The molecule has 0 saturated carbocycles. The summed E-state index contributed by atoms with van der Waals surface area (Å²) in [5.41, 5.74) is 3.96. The van der Waals surface area contributed by atoms with Crippen LogP contribution in [0.2, 0.25) is 0 Å². The number of rotatable bonds is 6. The maximum absolute atomic E-state index is 11.3. The maximum atomic E-state index is 11.3. The highest BCUT2D eigenvalue weighted by Gasteiger charge is 2.07. The number of carbonyl (C=O) groups is 1. The predicted octanol–water partition coefficient (Wildman–Crippen LogP) is 2.11. The number of phenols is 2. The zero-order valence-corrected chi connectivity index (χ0v) is 12.6. The number of anilines is 1. The Bertz CT molecular complexity index is 684. The van der Waals surface area contributed by atoms with Crippen LogP contribution in [-0.2, 0) is 16.0 Å². The second kappa shape index (κ2) is 7.41. The third-order valence-corrected chi connectivity index (χ3v) is 3.35. The van der Waals surface area contributed by atoms with Gasteiger partial charge in [-0.1, -0.05) is 0 Å². The monoisotopic (exact) mass is 321 g/mol. The Kier molecular flexibility index (Phi) is 5.31. The second-order valence-corrected chi connectivity index (χ2v) is 5.10. The fourth-order valence-corrected chi connectivity index (χ4v) is 2.24. The van der Waals surface area contributed by atoms with Crippen LogP contribution in [0.25, 0.3) is 0 Å². The number of carbonyl (C=O) groups excluding carboxylic acids is 1. The summed E-state index contributed by atoms with van der Waals surface area (Å²) >= 11 is 1.32. The van der Waals surface area contributed by atoms with Crippen molar-refractivity contribution in [1.82, 2.24) is 4.98 Å². The van der Waals surface area contributed by atoms with E-state index in [0.717, 1.165) is 0 Å². The number of aromatic nitrogens is 1. The van der Waals surface area contributed by atoms with Gasteiger partial charge in [-0.3, -0.25) is 10.2 Å². The first-order valence-electron chi connectivity index (χ1n) is 6.49. The first-order chi connectivity index (χ1) is 10.6.